The summed E-state index contributed by atoms with van der Waals surface area (Å²) >= 11 is 0. The molecule has 0 fully saturated rings. The van der Waals surface area contributed by atoms with E-state index in [1.165, 1.54) is 31.5 Å². The molecule has 0 aliphatic rings. The molecule has 2 aromatic rings. The summed E-state index contributed by atoms with van der Waals surface area (Å²) in [6, 6.07) is 8.73. The van der Waals surface area contributed by atoms with E-state index in [1.54, 1.807) is 18.2 Å². The number of methoxy groups -OCH3 is 1. The predicted molar refractivity (Wildman–Crippen MR) is 81.3 cm³/mol. The van der Waals surface area contributed by atoms with Crippen molar-refractivity contribution in [1.82, 2.24) is 10.3 Å². The average Bonchev–Trinajstić information content (AvgIpc) is 2.58. The Bertz CT molecular complexity index is 723. The lowest BCUT2D eigenvalue weighted by Crippen LogP contribution is -2.29. The zero-order chi connectivity index (χ0) is 18.3. The van der Waals surface area contributed by atoms with Crippen molar-refractivity contribution >= 4 is 5.91 Å². The van der Waals surface area contributed by atoms with Gasteiger partial charge in [0.05, 0.1) is 7.11 Å². The third-order valence-corrected chi connectivity index (χ3v) is 2.96. The van der Waals surface area contributed by atoms with Crippen molar-refractivity contribution in [1.29, 1.82) is 0 Å². The summed E-state index contributed by atoms with van der Waals surface area (Å²) < 4.78 is 51.2. The van der Waals surface area contributed by atoms with E-state index in [2.05, 4.69) is 15.0 Å². The number of halogens is 3. The Balaban J connectivity index is 1.90. The van der Waals surface area contributed by atoms with Crippen molar-refractivity contribution in [2.75, 3.05) is 13.7 Å². The first kappa shape index (κ1) is 18.4. The normalized spacial score (nSPS) is 10.9. The van der Waals surface area contributed by atoms with Crippen LogP contribution in [0.4, 0.5) is 13.2 Å². The summed E-state index contributed by atoms with van der Waals surface area (Å²) in [6.07, 6.45) is -3.30. The van der Waals surface area contributed by atoms with Crippen LogP contribution in [-0.2, 0) is 11.3 Å². The number of hydrogen-bond donors (Lipinski definition) is 1. The van der Waals surface area contributed by atoms with Crippen LogP contribution in [0.25, 0.3) is 0 Å². The van der Waals surface area contributed by atoms with Crippen LogP contribution in [-0.4, -0.2) is 31.0 Å². The Hall–Kier alpha value is -2.97. The van der Waals surface area contributed by atoms with Crippen LogP contribution in [0, 0.1) is 0 Å². The summed E-state index contributed by atoms with van der Waals surface area (Å²) in [5.41, 5.74) is 0.187. The van der Waals surface area contributed by atoms with Gasteiger partial charge in [-0.25, -0.2) is 4.98 Å². The molecule has 6 nitrogen and oxygen atoms in total. The van der Waals surface area contributed by atoms with E-state index in [0.29, 0.717) is 0 Å². The summed E-state index contributed by atoms with van der Waals surface area (Å²) in [7, 11) is 1.41. The molecule has 0 spiro atoms. The van der Waals surface area contributed by atoms with Gasteiger partial charge in [-0.3, -0.25) is 4.79 Å². The minimum atomic E-state index is -4.81. The topological polar surface area (TPSA) is 69.7 Å². The number of rotatable bonds is 7. The van der Waals surface area contributed by atoms with Crippen molar-refractivity contribution < 1.29 is 32.2 Å². The Kier molecular flexibility index (Phi) is 6.04. The second kappa shape index (κ2) is 8.22. The van der Waals surface area contributed by atoms with Gasteiger partial charge in [0.25, 0.3) is 11.8 Å². The van der Waals surface area contributed by atoms with Crippen LogP contribution in [0.5, 0.6) is 17.4 Å². The fraction of sp³-hybridized carbons (Fsp3) is 0.250. The van der Waals surface area contributed by atoms with Gasteiger partial charge in [-0.2, -0.15) is 0 Å². The number of hydrogen-bond acceptors (Lipinski definition) is 5. The number of alkyl halides is 3. The average molecular weight is 356 g/mol. The number of amides is 1. The molecule has 1 N–H and O–H groups in total. The van der Waals surface area contributed by atoms with Gasteiger partial charge in [0.1, 0.15) is 5.75 Å². The highest BCUT2D eigenvalue weighted by Gasteiger charge is 2.31. The Labute approximate surface area is 141 Å². The number of ether oxygens (including phenoxy) is 3. The highest BCUT2D eigenvalue weighted by molar-refractivity contribution is 5.77. The number of benzene rings is 1. The zero-order valence-corrected chi connectivity index (χ0v) is 13.2. The summed E-state index contributed by atoms with van der Waals surface area (Å²) in [4.78, 5) is 15.7. The quantitative estimate of drug-likeness (QED) is 0.826. The molecule has 134 valence electrons. The molecule has 0 unspecified atom stereocenters. The number of nitrogens with one attached hydrogen (secondary N) is 1. The summed E-state index contributed by atoms with van der Waals surface area (Å²) in [6.45, 7) is -0.483. The van der Waals surface area contributed by atoms with Gasteiger partial charge in [-0.15, -0.1) is 13.2 Å². The van der Waals surface area contributed by atoms with Gasteiger partial charge >= 0.3 is 6.36 Å². The SMILES string of the molecule is COc1ncccc1OCC(=O)NCc1ccccc1OC(F)(F)F. The highest BCUT2D eigenvalue weighted by atomic mass is 19.4. The number of carbonyl (C=O) groups is 1. The zero-order valence-electron chi connectivity index (χ0n) is 13.2. The van der Waals surface area contributed by atoms with Crippen LogP contribution in [0.3, 0.4) is 0 Å². The number of para-hydroxylation sites is 1. The van der Waals surface area contributed by atoms with Crippen LogP contribution in [0.2, 0.25) is 0 Å². The van der Waals surface area contributed by atoms with Gasteiger partial charge in [0.2, 0.25) is 0 Å². The molecular formula is C16H15F3N2O4. The standard InChI is InChI=1S/C16H15F3N2O4/c1-23-15-13(7-4-8-20-15)24-10-14(22)21-9-11-5-2-3-6-12(11)25-16(17,18)19/h2-8H,9-10H2,1H3,(H,21,22). The summed E-state index contributed by atoms with van der Waals surface area (Å²) in [5.74, 6) is -0.391. The van der Waals surface area contributed by atoms with Crippen LogP contribution < -0.4 is 19.5 Å². The Morgan fingerprint density at radius 3 is 2.60 bits per heavy atom. The van der Waals surface area contributed by atoms with E-state index in [4.69, 9.17) is 9.47 Å². The minimum Gasteiger partial charge on any atom is -0.478 e. The van der Waals surface area contributed by atoms with Gasteiger partial charge < -0.3 is 19.5 Å². The van der Waals surface area contributed by atoms with Crippen molar-refractivity contribution in [3.8, 4) is 17.4 Å². The second-order valence-electron chi connectivity index (χ2n) is 4.73. The molecule has 0 aliphatic carbocycles. The molecule has 1 amide bonds. The van der Waals surface area contributed by atoms with Gasteiger partial charge in [0, 0.05) is 18.3 Å². The van der Waals surface area contributed by atoms with E-state index in [9.17, 15) is 18.0 Å². The highest BCUT2D eigenvalue weighted by Crippen LogP contribution is 2.26. The van der Waals surface area contributed by atoms with Crippen molar-refractivity contribution in [2.24, 2.45) is 0 Å². The van der Waals surface area contributed by atoms with Gasteiger partial charge in [-0.05, 0) is 18.2 Å². The summed E-state index contributed by atoms with van der Waals surface area (Å²) in [5, 5.41) is 2.46. The number of nitrogens with zero attached hydrogens (tertiary/aromatic N) is 1. The predicted octanol–water partition coefficient (Wildman–Crippen LogP) is 2.68. The lowest BCUT2D eigenvalue weighted by molar-refractivity contribution is -0.274. The molecule has 1 aromatic heterocycles. The Morgan fingerprint density at radius 2 is 1.88 bits per heavy atom. The molecule has 0 saturated carbocycles. The van der Waals surface area contributed by atoms with E-state index >= 15 is 0 Å². The molecule has 0 bridgehead atoms. The number of pyridine rings is 1. The number of aromatic nitrogens is 1. The van der Waals surface area contributed by atoms with E-state index < -0.39 is 12.3 Å². The maximum Gasteiger partial charge on any atom is 0.573 e. The smallest absolute Gasteiger partial charge is 0.478 e. The molecule has 0 saturated heterocycles. The fourth-order valence-electron chi connectivity index (χ4n) is 1.90. The lowest BCUT2D eigenvalue weighted by Gasteiger charge is -2.14. The van der Waals surface area contributed by atoms with E-state index in [0.717, 1.165) is 0 Å². The molecule has 1 heterocycles. The lowest BCUT2D eigenvalue weighted by atomic mass is 10.2. The van der Waals surface area contributed by atoms with Crippen LogP contribution in [0.15, 0.2) is 42.6 Å². The molecular weight excluding hydrogens is 341 g/mol. The molecule has 2 rings (SSSR count). The first-order valence-corrected chi connectivity index (χ1v) is 7.11. The van der Waals surface area contributed by atoms with Gasteiger partial charge in [0.15, 0.2) is 12.4 Å². The molecule has 1 aromatic carbocycles. The molecule has 0 radical (unpaired) electrons. The third-order valence-electron chi connectivity index (χ3n) is 2.96. The molecule has 0 atom stereocenters. The number of carbonyl (C=O) groups excluding carboxylic acids is 1. The monoisotopic (exact) mass is 356 g/mol. The molecule has 25 heavy (non-hydrogen) atoms. The van der Waals surface area contributed by atoms with E-state index in [-0.39, 0.29) is 36.1 Å². The first-order valence-electron chi connectivity index (χ1n) is 7.11. The second-order valence-corrected chi connectivity index (χ2v) is 4.73. The first-order chi connectivity index (χ1) is 11.9. The third kappa shape index (κ3) is 5.87. The van der Waals surface area contributed by atoms with Crippen molar-refractivity contribution in [3.05, 3.63) is 48.2 Å². The van der Waals surface area contributed by atoms with Crippen molar-refractivity contribution in [3.63, 3.8) is 0 Å². The van der Waals surface area contributed by atoms with Crippen LogP contribution in [0.1, 0.15) is 5.56 Å². The minimum absolute atomic E-state index is 0.140. The maximum atomic E-state index is 12.4. The molecule has 0 aliphatic heterocycles. The fourth-order valence-corrected chi connectivity index (χ4v) is 1.90. The van der Waals surface area contributed by atoms with Crippen LogP contribution >= 0.6 is 0 Å². The van der Waals surface area contributed by atoms with Crippen molar-refractivity contribution in [2.45, 2.75) is 12.9 Å². The van der Waals surface area contributed by atoms with Gasteiger partial charge in [-0.1, -0.05) is 18.2 Å². The largest absolute Gasteiger partial charge is 0.573 e. The van der Waals surface area contributed by atoms with E-state index in [1.807, 2.05) is 0 Å². The Morgan fingerprint density at radius 1 is 1.16 bits per heavy atom. The maximum absolute atomic E-state index is 12.4. The molecule has 9 heteroatoms.